The minimum absolute atomic E-state index is 0.221. The van der Waals surface area contributed by atoms with E-state index in [1.165, 1.54) is 0 Å². The average molecular weight is 693 g/mol. The number of nitriles is 1. The fourth-order valence-electron chi connectivity index (χ4n) is 5.79. The highest BCUT2D eigenvalue weighted by Gasteiger charge is 2.22. The van der Waals surface area contributed by atoms with Gasteiger partial charge in [0.05, 0.1) is 33.6 Å². The van der Waals surface area contributed by atoms with Crippen molar-refractivity contribution < 1.29 is 14.6 Å². The third-order valence-corrected chi connectivity index (χ3v) is 10.6. The highest BCUT2D eigenvalue weighted by Crippen LogP contribution is 2.46. The van der Waals surface area contributed by atoms with Gasteiger partial charge in [-0.2, -0.15) is 5.26 Å². The van der Waals surface area contributed by atoms with Crippen molar-refractivity contribution in [3.8, 4) is 39.3 Å². The molecule has 5 aromatic rings. The SMILES string of the molecule is CSc1sc(-c2ccnc(Nc3cccc(OCCCN4CCN(CCO)CC4)c3)n2)c(-c2cccc(OCc3ccccc3)c2)c1C#N. The third-order valence-electron chi connectivity index (χ3n) is 8.29. The number of aromatic nitrogens is 2. The molecule has 3 aromatic carbocycles. The number of anilines is 2. The van der Waals surface area contributed by atoms with Crippen LogP contribution in [-0.4, -0.2) is 83.6 Å². The predicted molar refractivity (Wildman–Crippen MR) is 198 cm³/mol. The van der Waals surface area contributed by atoms with E-state index < -0.39 is 0 Å². The molecule has 2 N–H and O–H groups in total. The molecule has 0 saturated carbocycles. The first-order valence-electron chi connectivity index (χ1n) is 16.4. The highest BCUT2D eigenvalue weighted by atomic mass is 32.2. The summed E-state index contributed by atoms with van der Waals surface area (Å²) in [5.41, 5.74) is 5.02. The number of rotatable bonds is 15. The molecule has 252 valence electrons. The van der Waals surface area contributed by atoms with Crippen LogP contribution in [0, 0.1) is 11.3 Å². The van der Waals surface area contributed by atoms with Gasteiger partial charge < -0.3 is 24.8 Å². The van der Waals surface area contributed by atoms with Crippen molar-refractivity contribution in [3.05, 3.63) is 102 Å². The van der Waals surface area contributed by atoms with Gasteiger partial charge in [-0.25, -0.2) is 9.97 Å². The lowest BCUT2D eigenvalue weighted by molar-refractivity contribution is 0.108. The Morgan fingerprint density at radius 1 is 0.918 bits per heavy atom. The van der Waals surface area contributed by atoms with Crippen molar-refractivity contribution in [2.45, 2.75) is 17.2 Å². The first kappa shape index (κ1) is 34.4. The van der Waals surface area contributed by atoms with Crippen LogP contribution in [0.15, 0.2) is 95.3 Å². The van der Waals surface area contributed by atoms with E-state index in [-0.39, 0.29) is 6.61 Å². The number of hydrogen-bond acceptors (Lipinski definition) is 11. The Bertz CT molecular complexity index is 1850. The lowest BCUT2D eigenvalue weighted by Gasteiger charge is -2.34. The minimum atomic E-state index is 0.221. The normalized spacial score (nSPS) is 13.6. The third kappa shape index (κ3) is 9.17. The summed E-state index contributed by atoms with van der Waals surface area (Å²) in [5.74, 6) is 1.97. The first-order valence-corrected chi connectivity index (χ1v) is 18.4. The molecule has 2 aromatic heterocycles. The zero-order valence-corrected chi connectivity index (χ0v) is 29.2. The standard InChI is InChI=1S/C38H40N6O3S2/c1-48-37-33(26-39)35(29-10-5-12-31(24-29)47-27-28-8-3-2-4-9-28)36(49-37)34-14-15-40-38(42-34)41-30-11-6-13-32(25-30)46-23-7-16-43-17-19-44(20-18-43)21-22-45/h2-6,8-15,24-25,45H,7,16-23,27H2,1H3,(H,40,41,42). The van der Waals surface area contributed by atoms with Crippen LogP contribution in [0.3, 0.4) is 0 Å². The molecular formula is C38H40N6O3S2. The van der Waals surface area contributed by atoms with Gasteiger partial charge in [-0.15, -0.1) is 23.1 Å². The number of hydrogen-bond donors (Lipinski definition) is 2. The predicted octanol–water partition coefficient (Wildman–Crippen LogP) is 7.17. The van der Waals surface area contributed by atoms with Gasteiger partial charge in [0.1, 0.15) is 24.2 Å². The Kier molecular flexibility index (Phi) is 12.1. The summed E-state index contributed by atoms with van der Waals surface area (Å²) in [6.07, 6.45) is 4.67. The van der Waals surface area contributed by atoms with E-state index in [0.717, 1.165) is 94.3 Å². The number of ether oxygens (including phenoxy) is 2. The molecule has 1 fully saturated rings. The second-order valence-corrected chi connectivity index (χ2v) is 13.7. The van der Waals surface area contributed by atoms with Gasteiger partial charge >= 0.3 is 0 Å². The summed E-state index contributed by atoms with van der Waals surface area (Å²) < 4.78 is 13.2. The molecule has 49 heavy (non-hydrogen) atoms. The van der Waals surface area contributed by atoms with Gasteiger partial charge in [0, 0.05) is 62.8 Å². The van der Waals surface area contributed by atoms with Gasteiger partial charge in [0.25, 0.3) is 0 Å². The molecule has 1 saturated heterocycles. The smallest absolute Gasteiger partial charge is 0.227 e. The molecule has 1 aliphatic heterocycles. The fraction of sp³-hybridized carbons (Fsp3) is 0.289. The second kappa shape index (κ2) is 17.3. The summed E-state index contributed by atoms with van der Waals surface area (Å²) in [4.78, 5) is 15.1. The van der Waals surface area contributed by atoms with Crippen molar-refractivity contribution >= 4 is 34.7 Å². The minimum Gasteiger partial charge on any atom is -0.493 e. The molecule has 1 aliphatic rings. The van der Waals surface area contributed by atoms with Crippen LogP contribution in [0.25, 0.3) is 21.7 Å². The van der Waals surface area contributed by atoms with Crippen LogP contribution in [-0.2, 0) is 6.61 Å². The lowest BCUT2D eigenvalue weighted by atomic mass is 10.0. The maximum absolute atomic E-state index is 10.3. The number of β-amino-alcohol motifs (C(OH)–C–C–N with tert-alkyl or cyclic N) is 1. The number of aliphatic hydroxyl groups excluding tert-OH is 1. The van der Waals surface area contributed by atoms with E-state index in [1.807, 2.05) is 91.2 Å². The van der Waals surface area contributed by atoms with Gasteiger partial charge in [0.2, 0.25) is 5.95 Å². The molecule has 11 heteroatoms. The summed E-state index contributed by atoms with van der Waals surface area (Å²) in [6, 6.07) is 30.1. The fourth-order valence-corrected chi connectivity index (χ4v) is 7.70. The second-order valence-electron chi connectivity index (χ2n) is 11.6. The monoisotopic (exact) mass is 692 g/mol. The van der Waals surface area contributed by atoms with Crippen molar-refractivity contribution in [1.29, 1.82) is 5.26 Å². The molecule has 3 heterocycles. The van der Waals surface area contributed by atoms with E-state index in [4.69, 9.17) is 19.6 Å². The Balaban J connectivity index is 1.13. The van der Waals surface area contributed by atoms with E-state index in [9.17, 15) is 5.26 Å². The van der Waals surface area contributed by atoms with Crippen LogP contribution in [0.4, 0.5) is 11.6 Å². The van der Waals surface area contributed by atoms with E-state index in [2.05, 4.69) is 26.2 Å². The molecule has 0 bridgehead atoms. The summed E-state index contributed by atoms with van der Waals surface area (Å²) in [6.45, 7) is 7.11. The Labute approximate surface area is 296 Å². The molecule has 0 atom stereocenters. The van der Waals surface area contributed by atoms with Gasteiger partial charge in [-0.05, 0) is 54.1 Å². The van der Waals surface area contributed by atoms with E-state index >= 15 is 0 Å². The van der Waals surface area contributed by atoms with Crippen LogP contribution >= 0.6 is 23.1 Å². The Morgan fingerprint density at radius 2 is 1.67 bits per heavy atom. The Hall–Kier alpha value is -4.44. The number of piperazine rings is 1. The van der Waals surface area contributed by atoms with Crippen LogP contribution < -0.4 is 14.8 Å². The zero-order chi connectivity index (χ0) is 33.8. The summed E-state index contributed by atoms with van der Waals surface area (Å²) in [7, 11) is 0. The summed E-state index contributed by atoms with van der Waals surface area (Å²) in [5, 5.41) is 22.8. The maximum Gasteiger partial charge on any atom is 0.227 e. The van der Waals surface area contributed by atoms with Crippen LogP contribution in [0.2, 0.25) is 0 Å². The number of aliphatic hydroxyl groups is 1. The highest BCUT2D eigenvalue weighted by molar-refractivity contribution is 8.00. The molecule has 0 unspecified atom stereocenters. The topological polar surface area (TPSA) is 107 Å². The molecular weight excluding hydrogens is 653 g/mol. The molecule has 9 nitrogen and oxygen atoms in total. The number of thioether (sulfide) groups is 1. The molecule has 0 amide bonds. The van der Waals surface area contributed by atoms with E-state index in [0.29, 0.717) is 24.7 Å². The average Bonchev–Trinajstić information content (AvgIpc) is 3.53. The van der Waals surface area contributed by atoms with Gasteiger partial charge in [0.15, 0.2) is 0 Å². The molecule has 0 spiro atoms. The molecule has 6 rings (SSSR count). The van der Waals surface area contributed by atoms with Crippen molar-refractivity contribution in [2.75, 3.05) is 64.1 Å². The number of nitrogens with zero attached hydrogens (tertiary/aromatic N) is 5. The summed E-state index contributed by atoms with van der Waals surface area (Å²) >= 11 is 3.12. The lowest BCUT2D eigenvalue weighted by Crippen LogP contribution is -2.47. The van der Waals surface area contributed by atoms with Crippen molar-refractivity contribution in [3.63, 3.8) is 0 Å². The maximum atomic E-state index is 10.3. The Morgan fingerprint density at radius 3 is 2.43 bits per heavy atom. The molecule has 0 radical (unpaired) electrons. The number of benzene rings is 3. The first-order chi connectivity index (χ1) is 24.1. The number of thiophene rings is 1. The number of nitrogens with one attached hydrogen (secondary N) is 1. The van der Waals surface area contributed by atoms with Crippen molar-refractivity contribution in [1.82, 2.24) is 19.8 Å². The largest absolute Gasteiger partial charge is 0.493 e. The van der Waals surface area contributed by atoms with Crippen molar-refractivity contribution in [2.24, 2.45) is 0 Å². The van der Waals surface area contributed by atoms with Gasteiger partial charge in [-0.3, -0.25) is 4.90 Å². The van der Waals surface area contributed by atoms with E-state index in [1.54, 1.807) is 29.3 Å². The zero-order valence-electron chi connectivity index (χ0n) is 27.5. The molecule has 0 aliphatic carbocycles. The van der Waals surface area contributed by atoms with Crippen LogP contribution in [0.1, 0.15) is 17.5 Å². The quantitative estimate of drug-likeness (QED) is 0.0867. The van der Waals surface area contributed by atoms with Gasteiger partial charge in [-0.1, -0.05) is 48.5 Å². The van der Waals surface area contributed by atoms with Crippen LogP contribution in [0.5, 0.6) is 11.5 Å².